The summed E-state index contributed by atoms with van der Waals surface area (Å²) in [5.41, 5.74) is 3.68. The summed E-state index contributed by atoms with van der Waals surface area (Å²) in [7, 11) is 1.58. The van der Waals surface area contributed by atoms with Gasteiger partial charge in [0.1, 0.15) is 12.4 Å². The Labute approximate surface area is 191 Å². The molecule has 2 aromatic carbocycles. The van der Waals surface area contributed by atoms with Gasteiger partial charge >= 0.3 is 5.97 Å². The van der Waals surface area contributed by atoms with Crippen molar-refractivity contribution in [3.8, 4) is 5.75 Å². The van der Waals surface area contributed by atoms with Gasteiger partial charge < -0.3 is 14.8 Å². The Balaban J connectivity index is 1.66. The van der Waals surface area contributed by atoms with Crippen molar-refractivity contribution in [2.24, 2.45) is 0 Å². The van der Waals surface area contributed by atoms with E-state index in [1.807, 2.05) is 12.1 Å². The third kappa shape index (κ3) is 4.50. The Kier molecular flexibility index (Phi) is 6.26. The van der Waals surface area contributed by atoms with Crippen LogP contribution in [0.15, 0.2) is 71.1 Å². The van der Waals surface area contributed by atoms with Crippen molar-refractivity contribution >= 4 is 17.4 Å². The molecule has 0 saturated carbocycles. The highest BCUT2D eigenvalue weighted by Crippen LogP contribution is 2.42. The van der Waals surface area contributed by atoms with Crippen molar-refractivity contribution in [2.75, 3.05) is 7.11 Å². The second kappa shape index (κ2) is 9.28. The summed E-state index contributed by atoms with van der Waals surface area (Å²) in [6.07, 6.45) is 1.84. The Hall–Kier alpha value is -3.94. The number of nitrogens with one attached hydrogen (secondary N) is 1. The fraction of sp³-hybridized carbons (Fsp3) is 0.280. The fourth-order valence-electron chi connectivity index (χ4n) is 4.32. The van der Waals surface area contributed by atoms with Crippen LogP contribution in [0, 0.1) is 10.1 Å². The highest BCUT2D eigenvalue weighted by atomic mass is 16.6. The van der Waals surface area contributed by atoms with Gasteiger partial charge in [0.2, 0.25) is 0 Å². The van der Waals surface area contributed by atoms with E-state index in [9.17, 15) is 19.7 Å². The van der Waals surface area contributed by atoms with Crippen molar-refractivity contribution < 1.29 is 24.0 Å². The van der Waals surface area contributed by atoms with E-state index in [0.29, 0.717) is 41.0 Å². The van der Waals surface area contributed by atoms with E-state index in [1.165, 1.54) is 12.1 Å². The maximum Gasteiger partial charge on any atom is 0.337 e. The molecule has 1 heterocycles. The second-order valence-electron chi connectivity index (χ2n) is 8.04. The maximum absolute atomic E-state index is 13.3. The number of methoxy groups -OCH3 is 1. The first-order chi connectivity index (χ1) is 15.9. The van der Waals surface area contributed by atoms with Crippen molar-refractivity contribution in [3.05, 3.63) is 92.3 Å². The summed E-state index contributed by atoms with van der Waals surface area (Å²) in [6, 6.07) is 13.2. The molecule has 0 fully saturated rings. The molecular weight excluding hydrogens is 424 g/mol. The Morgan fingerprint density at radius 3 is 2.45 bits per heavy atom. The van der Waals surface area contributed by atoms with Crippen LogP contribution in [0.1, 0.15) is 43.2 Å². The number of allylic oxidation sites excluding steroid dienone is 3. The molecule has 4 rings (SSSR count). The molecule has 8 nitrogen and oxygen atoms in total. The van der Waals surface area contributed by atoms with Crippen LogP contribution in [0.2, 0.25) is 0 Å². The summed E-state index contributed by atoms with van der Waals surface area (Å²) in [5.74, 6) is -0.504. The molecule has 33 heavy (non-hydrogen) atoms. The SMILES string of the molecule is COc1ccc(COC(=O)C2=C(C)NC3=C(C(=O)CCC3)[C@@H]2c2ccc([N+](=O)[O-])cc2)cc1. The van der Waals surface area contributed by atoms with Crippen LogP contribution < -0.4 is 10.1 Å². The summed E-state index contributed by atoms with van der Waals surface area (Å²) >= 11 is 0. The lowest BCUT2D eigenvalue weighted by atomic mass is 9.75. The summed E-state index contributed by atoms with van der Waals surface area (Å²) in [4.78, 5) is 36.8. The number of dihydropyridines is 1. The van der Waals surface area contributed by atoms with Gasteiger partial charge in [-0.2, -0.15) is 0 Å². The zero-order valence-corrected chi connectivity index (χ0v) is 18.4. The van der Waals surface area contributed by atoms with Crippen LogP contribution in [-0.2, 0) is 20.9 Å². The second-order valence-corrected chi connectivity index (χ2v) is 8.04. The number of esters is 1. The monoisotopic (exact) mass is 448 g/mol. The Bertz CT molecular complexity index is 1160. The number of hydrogen-bond donors (Lipinski definition) is 1. The molecule has 8 heteroatoms. The molecular formula is C25H24N2O6. The van der Waals surface area contributed by atoms with Crippen molar-refractivity contribution in [1.29, 1.82) is 0 Å². The van der Waals surface area contributed by atoms with Crippen molar-refractivity contribution in [3.63, 3.8) is 0 Å². The molecule has 170 valence electrons. The molecule has 0 saturated heterocycles. The molecule has 2 aromatic rings. The molecule has 1 N–H and O–H groups in total. The van der Waals surface area contributed by atoms with Gasteiger partial charge in [0.15, 0.2) is 5.78 Å². The number of non-ortho nitro benzene ring substituents is 1. The van der Waals surface area contributed by atoms with Crippen LogP contribution in [0.3, 0.4) is 0 Å². The lowest BCUT2D eigenvalue weighted by molar-refractivity contribution is -0.384. The Morgan fingerprint density at radius 2 is 1.82 bits per heavy atom. The zero-order chi connectivity index (χ0) is 23.5. The van der Waals surface area contributed by atoms with Crippen molar-refractivity contribution in [2.45, 2.75) is 38.7 Å². The van der Waals surface area contributed by atoms with Gasteiger partial charge in [-0.1, -0.05) is 24.3 Å². The predicted molar refractivity (Wildman–Crippen MR) is 120 cm³/mol. The highest BCUT2D eigenvalue weighted by molar-refractivity contribution is 6.03. The van der Waals surface area contributed by atoms with Crippen LogP contribution in [0.25, 0.3) is 0 Å². The largest absolute Gasteiger partial charge is 0.497 e. The molecule has 0 unspecified atom stereocenters. The minimum absolute atomic E-state index is 0.0277. The first-order valence-electron chi connectivity index (χ1n) is 10.7. The first-order valence-corrected chi connectivity index (χ1v) is 10.7. The minimum atomic E-state index is -0.641. The Morgan fingerprint density at radius 1 is 1.12 bits per heavy atom. The lowest BCUT2D eigenvalue weighted by Gasteiger charge is -2.34. The van der Waals surface area contributed by atoms with Gasteiger partial charge in [-0.25, -0.2) is 4.79 Å². The average molecular weight is 448 g/mol. The molecule has 2 aliphatic rings. The van der Waals surface area contributed by atoms with E-state index in [4.69, 9.17) is 9.47 Å². The molecule has 1 aliphatic carbocycles. The fourth-order valence-corrected chi connectivity index (χ4v) is 4.32. The van der Waals surface area contributed by atoms with Gasteiger partial charge in [0.05, 0.1) is 17.6 Å². The van der Waals surface area contributed by atoms with Crippen LogP contribution >= 0.6 is 0 Å². The third-order valence-corrected chi connectivity index (χ3v) is 5.96. The highest BCUT2D eigenvalue weighted by Gasteiger charge is 2.39. The smallest absolute Gasteiger partial charge is 0.337 e. The van der Waals surface area contributed by atoms with Crippen LogP contribution in [0.5, 0.6) is 5.75 Å². The summed E-state index contributed by atoms with van der Waals surface area (Å²) in [6.45, 7) is 1.84. The van der Waals surface area contributed by atoms with E-state index >= 15 is 0 Å². The average Bonchev–Trinajstić information content (AvgIpc) is 2.82. The number of nitrogens with zero attached hydrogens (tertiary/aromatic N) is 1. The quantitative estimate of drug-likeness (QED) is 0.398. The van der Waals surface area contributed by atoms with Gasteiger partial charge in [0, 0.05) is 41.4 Å². The number of nitro groups is 1. The molecule has 1 aliphatic heterocycles. The van der Waals surface area contributed by atoms with Crippen LogP contribution in [0.4, 0.5) is 5.69 Å². The number of ketones is 1. The van der Waals surface area contributed by atoms with Gasteiger partial charge in [-0.05, 0) is 43.0 Å². The first kappa shape index (κ1) is 22.3. The maximum atomic E-state index is 13.3. The van der Waals surface area contributed by atoms with E-state index in [-0.39, 0.29) is 18.1 Å². The van der Waals surface area contributed by atoms with Gasteiger partial charge in [-0.15, -0.1) is 0 Å². The molecule has 0 amide bonds. The number of benzene rings is 2. The van der Waals surface area contributed by atoms with E-state index < -0.39 is 16.8 Å². The standard InChI is InChI=1S/C25H24N2O6/c1-15-22(25(29)33-14-16-6-12-19(32-2)13-7-16)23(17-8-10-18(11-9-17)27(30)31)24-20(26-15)4-3-5-21(24)28/h6-13,23,26H,3-5,14H2,1-2H3/t23-/m1/s1. The number of Topliss-reactive ketones (excluding diaryl/α,β-unsaturated/α-hetero) is 1. The number of carbonyl (C=O) groups is 2. The molecule has 1 atom stereocenters. The number of nitro benzene ring substituents is 1. The lowest BCUT2D eigenvalue weighted by Crippen LogP contribution is -2.34. The summed E-state index contributed by atoms with van der Waals surface area (Å²) < 4.78 is 10.8. The molecule has 0 aromatic heterocycles. The normalized spacial score (nSPS) is 17.9. The van der Waals surface area contributed by atoms with E-state index in [2.05, 4.69) is 5.32 Å². The third-order valence-electron chi connectivity index (χ3n) is 5.96. The number of rotatable bonds is 6. The van der Waals surface area contributed by atoms with Gasteiger partial charge in [-0.3, -0.25) is 14.9 Å². The summed E-state index contributed by atoms with van der Waals surface area (Å²) in [5, 5.41) is 14.3. The van der Waals surface area contributed by atoms with E-state index in [0.717, 1.165) is 17.7 Å². The van der Waals surface area contributed by atoms with E-state index in [1.54, 1.807) is 38.3 Å². The van der Waals surface area contributed by atoms with Crippen molar-refractivity contribution in [1.82, 2.24) is 5.32 Å². The van der Waals surface area contributed by atoms with Gasteiger partial charge in [0.25, 0.3) is 5.69 Å². The molecule has 0 bridgehead atoms. The topological polar surface area (TPSA) is 108 Å². The number of hydrogen-bond acceptors (Lipinski definition) is 7. The predicted octanol–water partition coefficient (Wildman–Crippen LogP) is 4.31. The molecule has 0 radical (unpaired) electrons. The zero-order valence-electron chi connectivity index (χ0n) is 18.4. The number of ether oxygens (including phenoxy) is 2. The minimum Gasteiger partial charge on any atom is -0.497 e. The van der Waals surface area contributed by atoms with Crippen LogP contribution in [-0.4, -0.2) is 23.8 Å². The molecule has 0 spiro atoms. The number of carbonyl (C=O) groups excluding carboxylic acids is 2.